The highest BCUT2D eigenvalue weighted by Crippen LogP contribution is 1.78. The van der Waals surface area contributed by atoms with Crippen molar-refractivity contribution >= 4 is 11.9 Å². The molecule has 1 saturated heterocycles. The first kappa shape index (κ1) is 20.8. The number of esters is 2. The molecule has 8 nitrogen and oxygen atoms in total. The van der Waals surface area contributed by atoms with Gasteiger partial charge in [-0.25, -0.2) is 9.59 Å². The van der Waals surface area contributed by atoms with E-state index in [9.17, 15) is 9.59 Å². The summed E-state index contributed by atoms with van der Waals surface area (Å²) >= 11 is 0. The van der Waals surface area contributed by atoms with Crippen molar-refractivity contribution < 1.29 is 38.3 Å². The molecule has 0 aromatic carbocycles. The topological polar surface area (TPSA) is 79.9 Å². The standard InChI is InChI=1S/C16H30N2O6/c1-3-23-15(19)13-17-5-9-21-11-7-18(8-12-22-10-6-17)14-16(20)24-4-2/h3-14H2,1-2H3/p+2. The molecule has 2 N–H and O–H groups in total. The predicted octanol–water partition coefficient (Wildman–Crippen LogP) is -3.07. The van der Waals surface area contributed by atoms with E-state index in [-0.39, 0.29) is 11.9 Å². The average Bonchev–Trinajstić information content (AvgIpc) is 2.52. The minimum atomic E-state index is -0.190. The van der Waals surface area contributed by atoms with E-state index in [4.69, 9.17) is 18.9 Å². The van der Waals surface area contributed by atoms with Gasteiger partial charge in [0.25, 0.3) is 0 Å². The Hall–Kier alpha value is -1.22. The molecule has 0 spiro atoms. The summed E-state index contributed by atoms with van der Waals surface area (Å²) in [6.45, 7) is 10.3. The second-order valence-electron chi connectivity index (χ2n) is 5.69. The SMILES string of the molecule is CCOC(=O)C[NH+]1CCOCC[NH+](CC(=O)OCC)CCOCC1. The van der Waals surface area contributed by atoms with E-state index < -0.39 is 0 Å². The minimum absolute atomic E-state index is 0.190. The molecular formula is C16H32N2O6+2. The first-order valence-corrected chi connectivity index (χ1v) is 8.79. The van der Waals surface area contributed by atoms with E-state index in [0.29, 0.717) is 52.7 Å². The van der Waals surface area contributed by atoms with E-state index in [2.05, 4.69) is 0 Å². The molecular weight excluding hydrogens is 316 g/mol. The van der Waals surface area contributed by atoms with Crippen LogP contribution in [0.3, 0.4) is 0 Å². The molecule has 0 aromatic rings. The van der Waals surface area contributed by atoms with Crippen LogP contribution in [0.5, 0.6) is 0 Å². The lowest BCUT2D eigenvalue weighted by atomic mass is 10.4. The van der Waals surface area contributed by atoms with E-state index >= 15 is 0 Å². The van der Waals surface area contributed by atoms with E-state index in [1.807, 2.05) is 0 Å². The first-order chi connectivity index (χ1) is 11.7. The molecule has 1 rings (SSSR count). The Kier molecular flexibility index (Phi) is 11.4. The molecule has 1 aliphatic heterocycles. The molecule has 0 saturated carbocycles. The third-order valence-corrected chi connectivity index (χ3v) is 3.80. The zero-order valence-corrected chi connectivity index (χ0v) is 14.9. The lowest BCUT2D eigenvalue weighted by Crippen LogP contribution is -3.15. The van der Waals surface area contributed by atoms with Gasteiger partial charge in [0, 0.05) is 0 Å². The van der Waals surface area contributed by atoms with Crippen LogP contribution >= 0.6 is 0 Å². The molecule has 1 fully saturated rings. The average molecular weight is 348 g/mol. The molecule has 0 aromatic heterocycles. The Morgan fingerprint density at radius 1 is 0.750 bits per heavy atom. The van der Waals surface area contributed by atoms with Gasteiger partial charge in [0.05, 0.1) is 39.6 Å². The van der Waals surface area contributed by atoms with Crippen LogP contribution in [0.15, 0.2) is 0 Å². The summed E-state index contributed by atoms with van der Waals surface area (Å²) in [6, 6.07) is 0. The number of carbonyl (C=O) groups excluding carboxylic acids is 2. The number of hydrogen-bond donors (Lipinski definition) is 2. The summed E-state index contributed by atoms with van der Waals surface area (Å²) in [5, 5.41) is 0. The van der Waals surface area contributed by atoms with Crippen LogP contribution in [0.4, 0.5) is 0 Å². The van der Waals surface area contributed by atoms with E-state index in [0.717, 1.165) is 36.0 Å². The summed E-state index contributed by atoms with van der Waals surface area (Å²) in [5.41, 5.74) is 0. The summed E-state index contributed by atoms with van der Waals surface area (Å²) in [4.78, 5) is 25.4. The molecule has 0 bridgehead atoms. The van der Waals surface area contributed by atoms with Gasteiger partial charge in [0.1, 0.15) is 26.2 Å². The number of quaternary nitrogens is 2. The highest BCUT2D eigenvalue weighted by atomic mass is 16.5. The zero-order valence-electron chi connectivity index (χ0n) is 14.9. The van der Waals surface area contributed by atoms with Crippen LogP contribution in [0.25, 0.3) is 0 Å². The normalized spacial score (nSPS) is 23.6. The van der Waals surface area contributed by atoms with Gasteiger partial charge in [-0.15, -0.1) is 0 Å². The largest absolute Gasteiger partial charge is 0.462 e. The minimum Gasteiger partial charge on any atom is -0.462 e. The predicted molar refractivity (Wildman–Crippen MR) is 86.0 cm³/mol. The van der Waals surface area contributed by atoms with Crippen molar-refractivity contribution in [1.82, 2.24) is 0 Å². The van der Waals surface area contributed by atoms with Crippen molar-refractivity contribution in [2.75, 3.05) is 78.9 Å². The Bertz CT molecular complexity index is 320. The zero-order chi connectivity index (χ0) is 17.6. The first-order valence-electron chi connectivity index (χ1n) is 8.79. The Balaban J connectivity index is 2.37. The molecule has 0 radical (unpaired) electrons. The van der Waals surface area contributed by atoms with Crippen molar-refractivity contribution in [3.8, 4) is 0 Å². The van der Waals surface area contributed by atoms with Crippen molar-refractivity contribution in [1.29, 1.82) is 0 Å². The smallest absolute Gasteiger partial charge is 0.361 e. The maximum absolute atomic E-state index is 11.6. The maximum atomic E-state index is 11.6. The molecule has 8 heteroatoms. The fraction of sp³-hybridized carbons (Fsp3) is 0.875. The van der Waals surface area contributed by atoms with Crippen molar-refractivity contribution in [2.45, 2.75) is 13.8 Å². The maximum Gasteiger partial charge on any atom is 0.361 e. The number of nitrogens with one attached hydrogen (secondary N) is 2. The summed E-state index contributed by atoms with van der Waals surface area (Å²) in [5.74, 6) is -0.380. The van der Waals surface area contributed by atoms with E-state index in [1.54, 1.807) is 13.8 Å². The third kappa shape index (κ3) is 9.82. The van der Waals surface area contributed by atoms with Crippen LogP contribution in [0.1, 0.15) is 13.8 Å². The van der Waals surface area contributed by atoms with Crippen LogP contribution in [-0.4, -0.2) is 90.8 Å². The second kappa shape index (κ2) is 13.1. The van der Waals surface area contributed by atoms with E-state index in [1.165, 1.54) is 0 Å². The Morgan fingerprint density at radius 2 is 1.08 bits per heavy atom. The van der Waals surface area contributed by atoms with Crippen LogP contribution in [-0.2, 0) is 28.5 Å². The van der Waals surface area contributed by atoms with Gasteiger partial charge in [-0.05, 0) is 13.8 Å². The molecule has 0 atom stereocenters. The van der Waals surface area contributed by atoms with Gasteiger partial charge in [-0.2, -0.15) is 0 Å². The molecule has 1 heterocycles. The third-order valence-electron chi connectivity index (χ3n) is 3.80. The fourth-order valence-electron chi connectivity index (χ4n) is 2.51. The van der Waals surface area contributed by atoms with Gasteiger partial charge in [-0.3, -0.25) is 0 Å². The molecule has 1 aliphatic rings. The molecule has 0 amide bonds. The van der Waals surface area contributed by atoms with Crippen molar-refractivity contribution in [3.05, 3.63) is 0 Å². The number of ether oxygens (including phenoxy) is 4. The van der Waals surface area contributed by atoms with Gasteiger partial charge in [-0.1, -0.05) is 0 Å². The van der Waals surface area contributed by atoms with Crippen molar-refractivity contribution in [2.24, 2.45) is 0 Å². The van der Waals surface area contributed by atoms with Crippen LogP contribution < -0.4 is 9.80 Å². The van der Waals surface area contributed by atoms with Crippen LogP contribution in [0.2, 0.25) is 0 Å². The highest BCUT2D eigenvalue weighted by Gasteiger charge is 2.18. The van der Waals surface area contributed by atoms with Gasteiger partial charge in [0.15, 0.2) is 13.1 Å². The molecule has 140 valence electrons. The number of hydrogen-bond acceptors (Lipinski definition) is 6. The van der Waals surface area contributed by atoms with Gasteiger partial charge < -0.3 is 28.7 Å². The quantitative estimate of drug-likeness (QED) is 0.496. The summed E-state index contributed by atoms with van der Waals surface area (Å²) in [7, 11) is 0. The monoisotopic (exact) mass is 348 g/mol. The van der Waals surface area contributed by atoms with Crippen molar-refractivity contribution in [3.63, 3.8) is 0 Å². The lowest BCUT2D eigenvalue weighted by Gasteiger charge is -2.22. The highest BCUT2D eigenvalue weighted by molar-refractivity contribution is 5.70. The van der Waals surface area contributed by atoms with Gasteiger partial charge in [0.2, 0.25) is 0 Å². The number of rotatable bonds is 6. The lowest BCUT2D eigenvalue weighted by molar-refractivity contribution is -0.900. The fourth-order valence-corrected chi connectivity index (χ4v) is 2.51. The Labute approximate surface area is 144 Å². The molecule has 0 unspecified atom stereocenters. The second-order valence-corrected chi connectivity index (χ2v) is 5.69. The summed E-state index contributed by atoms with van der Waals surface area (Å²) < 4.78 is 21.3. The molecule has 24 heavy (non-hydrogen) atoms. The number of carbonyl (C=O) groups is 2. The van der Waals surface area contributed by atoms with Gasteiger partial charge >= 0.3 is 11.9 Å². The van der Waals surface area contributed by atoms with Crippen LogP contribution in [0, 0.1) is 0 Å². The summed E-state index contributed by atoms with van der Waals surface area (Å²) in [6.07, 6.45) is 0. The molecule has 0 aliphatic carbocycles. The Morgan fingerprint density at radius 3 is 1.38 bits per heavy atom.